The Morgan fingerprint density at radius 3 is 2.48 bits per heavy atom. The van der Waals surface area contributed by atoms with E-state index in [9.17, 15) is 19.2 Å². The lowest BCUT2D eigenvalue weighted by atomic mass is 9.90. The zero-order valence-corrected chi connectivity index (χ0v) is 19.8. The number of hydrogen-bond acceptors (Lipinski definition) is 5. The molecule has 1 fully saturated rings. The molecule has 1 aromatic heterocycles. The highest BCUT2D eigenvalue weighted by atomic mass is 32.1. The number of amides is 5. The van der Waals surface area contributed by atoms with Gasteiger partial charge in [-0.05, 0) is 55.2 Å². The van der Waals surface area contributed by atoms with E-state index < -0.39 is 35.8 Å². The molecule has 1 atom stereocenters. The van der Waals surface area contributed by atoms with Crippen LogP contribution in [0.15, 0.2) is 24.3 Å². The first-order valence-electron chi connectivity index (χ1n) is 11.1. The second kappa shape index (κ2) is 8.62. The average Bonchev–Trinajstić information content (AvgIpc) is 3.24. The molecule has 8 nitrogen and oxygen atoms in total. The summed E-state index contributed by atoms with van der Waals surface area (Å²) in [7, 11) is 0. The van der Waals surface area contributed by atoms with Crippen LogP contribution in [-0.2, 0) is 28.0 Å². The Labute approximate surface area is 196 Å². The molecule has 0 bridgehead atoms. The number of primary amides is 1. The third kappa shape index (κ3) is 4.13. The van der Waals surface area contributed by atoms with E-state index in [4.69, 9.17) is 5.73 Å². The van der Waals surface area contributed by atoms with E-state index in [2.05, 4.69) is 24.5 Å². The Bertz CT molecular complexity index is 1140. The molecular formula is C24H28N4O4S. The number of thiophene rings is 1. The molecule has 0 spiro atoms. The number of anilines is 1. The van der Waals surface area contributed by atoms with Crippen LogP contribution in [0, 0.1) is 0 Å². The molecule has 2 aliphatic rings. The van der Waals surface area contributed by atoms with Crippen molar-refractivity contribution in [3.05, 3.63) is 51.4 Å². The number of benzene rings is 1. The predicted molar refractivity (Wildman–Crippen MR) is 126 cm³/mol. The molecule has 2 aromatic rings. The van der Waals surface area contributed by atoms with Crippen LogP contribution in [0.1, 0.15) is 71.5 Å². The van der Waals surface area contributed by atoms with Gasteiger partial charge in [0, 0.05) is 4.88 Å². The number of nitrogens with one attached hydrogen (secondary N) is 2. The van der Waals surface area contributed by atoms with Crippen molar-refractivity contribution < 1.29 is 19.2 Å². The van der Waals surface area contributed by atoms with Crippen LogP contribution in [0.25, 0.3) is 0 Å². The number of imide groups is 1. The van der Waals surface area contributed by atoms with Gasteiger partial charge >= 0.3 is 6.03 Å². The van der Waals surface area contributed by atoms with Crippen LogP contribution in [-0.4, -0.2) is 35.2 Å². The maximum Gasteiger partial charge on any atom is 0.325 e. The van der Waals surface area contributed by atoms with E-state index in [1.54, 1.807) is 6.92 Å². The topological polar surface area (TPSA) is 122 Å². The summed E-state index contributed by atoms with van der Waals surface area (Å²) in [4.78, 5) is 52.6. The SMILES string of the molecule is CC(C)c1ccc([C@@]2(C)NC(=O)N(CC(=O)Nc3sc4c(c3C(N)=O)CCCC4)C2=O)cc1. The predicted octanol–water partition coefficient (Wildman–Crippen LogP) is 3.25. The van der Waals surface area contributed by atoms with E-state index >= 15 is 0 Å². The largest absolute Gasteiger partial charge is 0.365 e. The Morgan fingerprint density at radius 1 is 1.18 bits per heavy atom. The van der Waals surface area contributed by atoms with Crippen molar-refractivity contribution in [1.82, 2.24) is 10.2 Å². The number of rotatable bonds is 6. The van der Waals surface area contributed by atoms with Crippen molar-refractivity contribution >= 4 is 40.1 Å². The molecule has 0 saturated carbocycles. The highest BCUT2D eigenvalue weighted by molar-refractivity contribution is 7.17. The smallest absolute Gasteiger partial charge is 0.325 e. The van der Waals surface area contributed by atoms with Gasteiger partial charge in [-0.2, -0.15) is 0 Å². The molecule has 1 aliphatic heterocycles. The fraction of sp³-hybridized carbons (Fsp3) is 0.417. The van der Waals surface area contributed by atoms with E-state index in [1.165, 1.54) is 11.3 Å². The number of nitrogens with two attached hydrogens (primary N) is 1. The van der Waals surface area contributed by atoms with Crippen LogP contribution >= 0.6 is 11.3 Å². The number of aryl methyl sites for hydroxylation is 1. The van der Waals surface area contributed by atoms with Gasteiger partial charge in [0.15, 0.2) is 0 Å². The van der Waals surface area contributed by atoms with E-state index in [-0.39, 0.29) is 0 Å². The quantitative estimate of drug-likeness (QED) is 0.563. The molecule has 9 heteroatoms. The first-order valence-corrected chi connectivity index (χ1v) is 11.9. The second-order valence-electron chi connectivity index (χ2n) is 9.05. The number of nitrogens with zero attached hydrogens (tertiary/aromatic N) is 1. The Hall–Kier alpha value is -3.20. The molecule has 4 rings (SSSR count). The summed E-state index contributed by atoms with van der Waals surface area (Å²) in [5, 5.41) is 5.82. The first-order chi connectivity index (χ1) is 15.6. The molecule has 0 unspecified atom stereocenters. The highest BCUT2D eigenvalue weighted by Crippen LogP contribution is 2.38. The lowest BCUT2D eigenvalue weighted by Crippen LogP contribution is -2.42. The number of carbonyl (C=O) groups is 4. The minimum absolute atomic E-state index is 0.342. The van der Waals surface area contributed by atoms with Gasteiger partial charge in [-0.3, -0.25) is 19.3 Å². The van der Waals surface area contributed by atoms with E-state index in [0.717, 1.165) is 46.6 Å². The van der Waals surface area contributed by atoms with Crippen molar-refractivity contribution in [1.29, 1.82) is 0 Å². The van der Waals surface area contributed by atoms with Crippen molar-refractivity contribution in [3.8, 4) is 0 Å². The molecule has 1 aromatic carbocycles. The van der Waals surface area contributed by atoms with Gasteiger partial charge in [0.2, 0.25) is 5.91 Å². The van der Waals surface area contributed by atoms with Crippen LogP contribution in [0.5, 0.6) is 0 Å². The highest BCUT2D eigenvalue weighted by Gasteiger charge is 2.49. The van der Waals surface area contributed by atoms with Gasteiger partial charge in [0.05, 0.1) is 5.56 Å². The zero-order valence-electron chi connectivity index (χ0n) is 19.0. The van der Waals surface area contributed by atoms with Gasteiger partial charge in [-0.15, -0.1) is 11.3 Å². The van der Waals surface area contributed by atoms with Crippen LogP contribution in [0.3, 0.4) is 0 Å². The van der Waals surface area contributed by atoms with Gasteiger partial charge < -0.3 is 16.4 Å². The Kier molecular flexibility index (Phi) is 6.00. The summed E-state index contributed by atoms with van der Waals surface area (Å²) in [5.74, 6) is -1.30. The van der Waals surface area contributed by atoms with Crippen LogP contribution in [0.2, 0.25) is 0 Å². The molecule has 5 amide bonds. The van der Waals surface area contributed by atoms with Crippen molar-refractivity contribution in [2.45, 2.75) is 57.9 Å². The molecule has 2 heterocycles. The summed E-state index contributed by atoms with van der Waals surface area (Å²) in [6.45, 7) is 5.33. The van der Waals surface area contributed by atoms with E-state index in [1.807, 2.05) is 24.3 Å². The maximum atomic E-state index is 13.2. The van der Waals surface area contributed by atoms with Crippen molar-refractivity contribution in [2.24, 2.45) is 5.73 Å². The molecule has 1 saturated heterocycles. The summed E-state index contributed by atoms with van der Waals surface area (Å²) >= 11 is 1.34. The van der Waals surface area contributed by atoms with E-state index in [0.29, 0.717) is 22.0 Å². The molecule has 33 heavy (non-hydrogen) atoms. The molecule has 4 N–H and O–H groups in total. The minimum Gasteiger partial charge on any atom is -0.365 e. The molecule has 174 valence electrons. The summed E-state index contributed by atoms with van der Waals surface area (Å²) in [6.07, 6.45) is 3.59. The van der Waals surface area contributed by atoms with Crippen LogP contribution < -0.4 is 16.4 Å². The summed E-state index contributed by atoms with van der Waals surface area (Å²) in [5.41, 5.74) is 7.35. The Balaban J connectivity index is 1.51. The lowest BCUT2D eigenvalue weighted by molar-refractivity contribution is -0.133. The van der Waals surface area contributed by atoms with Gasteiger partial charge in [0.25, 0.3) is 11.8 Å². The zero-order chi connectivity index (χ0) is 23.9. The van der Waals surface area contributed by atoms with Gasteiger partial charge in [-0.25, -0.2) is 4.79 Å². The van der Waals surface area contributed by atoms with Gasteiger partial charge in [0.1, 0.15) is 17.1 Å². The fourth-order valence-electron chi connectivity index (χ4n) is 4.46. The monoisotopic (exact) mass is 468 g/mol. The normalized spacial score (nSPS) is 20.1. The third-order valence-electron chi connectivity index (χ3n) is 6.40. The standard InChI is InChI=1S/C24H28N4O4S/c1-13(2)14-8-10-15(11-9-14)24(3)22(31)28(23(32)27-24)12-18(29)26-21-19(20(25)30)16-6-4-5-7-17(16)33-21/h8-11,13H,4-7,12H2,1-3H3,(H2,25,30)(H,26,29)(H,27,32)/t24-/m1/s1. The number of fused-ring (bicyclic) bond motifs is 1. The number of carbonyl (C=O) groups excluding carboxylic acids is 4. The average molecular weight is 469 g/mol. The van der Waals surface area contributed by atoms with Crippen LogP contribution in [0.4, 0.5) is 9.80 Å². The second-order valence-corrected chi connectivity index (χ2v) is 10.2. The third-order valence-corrected chi connectivity index (χ3v) is 7.61. The Morgan fingerprint density at radius 2 is 1.85 bits per heavy atom. The first kappa shape index (κ1) is 23.0. The van der Waals surface area contributed by atoms with Gasteiger partial charge in [-0.1, -0.05) is 38.1 Å². The fourth-order valence-corrected chi connectivity index (χ4v) is 5.77. The van der Waals surface area contributed by atoms with Crippen molar-refractivity contribution in [3.63, 3.8) is 0 Å². The van der Waals surface area contributed by atoms with Crippen molar-refractivity contribution in [2.75, 3.05) is 11.9 Å². The molecular weight excluding hydrogens is 440 g/mol. The number of urea groups is 1. The summed E-state index contributed by atoms with van der Waals surface area (Å²) in [6, 6.07) is 6.89. The molecule has 0 radical (unpaired) electrons. The lowest BCUT2D eigenvalue weighted by Gasteiger charge is -2.22. The number of hydrogen-bond donors (Lipinski definition) is 3. The maximum absolute atomic E-state index is 13.2. The summed E-state index contributed by atoms with van der Waals surface area (Å²) < 4.78 is 0. The minimum atomic E-state index is -1.26. The molecule has 1 aliphatic carbocycles.